The number of aryl methyl sites for hydroxylation is 1. The largest absolute Gasteiger partial charge is 0.507 e. The number of carbonyl (C=O) groups excluding carboxylic acids is 1. The summed E-state index contributed by atoms with van der Waals surface area (Å²) < 4.78 is 16.5. The maximum Gasteiger partial charge on any atom is 0.348 e. The summed E-state index contributed by atoms with van der Waals surface area (Å²) in [5.41, 5.74) is 0.394. The molecule has 1 atom stereocenters. The van der Waals surface area contributed by atoms with Gasteiger partial charge in [0.15, 0.2) is 11.5 Å². The van der Waals surface area contributed by atoms with Gasteiger partial charge < -0.3 is 24.4 Å². The molecule has 126 valence electrons. The molecule has 0 bridgehead atoms. The fourth-order valence-electron chi connectivity index (χ4n) is 3.61. The van der Waals surface area contributed by atoms with Crippen LogP contribution in [0.3, 0.4) is 0 Å². The number of fused-ring (bicyclic) bond motifs is 2. The van der Waals surface area contributed by atoms with E-state index in [4.69, 9.17) is 14.2 Å². The first-order valence-corrected chi connectivity index (χ1v) is 7.66. The van der Waals surface area contributed by atoms with E-state index in [1.807, 2.05) is 6.92 Å². The van der Waals surface area contributed by atoms with Crippen molar-refractivity contribution in [2.75, 3.05) is 7.11 Å². The zero-order valence-corrected chi connectivity index (χ0v) is 14.1. The number of aromatic hydroxyl groups is 1. The van der Waals surface area contributed by atoms with Crippen molar-refractivity contribution in [1.29, 1.82) is 0 Å². The topological polar surface area (TPSA) is 85.2 Å². The Morgan fingerprint density at radius 3 is 2.46 bits per heavy atom. The number of rotatable bonds is 1. The second-order valence-electron chi connectivity index (χ2n) is 7.00. The molecule has 2 heterocycles. The third-order valence-corrected chi connectivity index (χ3v) is 5.32. The molecule has 2 aliphatic heterocycles. The molecule has 0 spiro atoms. The van der Waals surface area contributed by atoms with Gasteiger partial charge in [-0.2, -0.15) is 0 Å². The van der Waals surface area contributed by atoms with Gasteiger partial charge in [-0.3, -0.25) is 0 Å². The minimum Gasteiger partial charge on any atom is -0.507 e. The summed E-state index contributed by atoms with van der Waals surface area (Å²) >= 11 is 0. The first kappa shape index (κ1) is 15.1. The van der Waals surface area contributed by atoms with Gasteiger partial charge in [0.05, 0.1) is 17.9 Å². The van der Waals surface area contributed by atoms with Gasteiger partial charge in [0, 0.05) is 17.9 Å². The quantitative estimate of drug-likeness (QED) is 0.618. The number of ether oxygens (including phenoxy) is 3. The minimum absolute atomic E-state index is 0.0927. The second kappa shape index (κ2) is 4.13. The Morgan fingerprint density at radius 2 is 1.83 bits per heavy atom. The van der Waals surface area contributed by atoms with Crippen LogP contribution in [-0.2, 0) is 5.41 Å². The first-order chi connectivity index (χ1) is 11.1. The van der Waals surface area contributed by atoms with Gasteiger partial charge >= 0.3 is 5.97 Å². The summed E-state index contributed by atoms with van der Waals surface area (Å²) in [7, 11) is 1.49. The van der Waals surface area contributed by atoms with Gasteiger partial charge in [-0.25, -0.2) is 4.79 Å². The molecular weight excluding hydrogens is 312 g/mol. The summed E-state index contributed by atoms with van der Waals surface area (Å²) in [4.78, 5) is 12.4. The summed E-state index contributed by atoms with van der Waals surface area (Å²) in [6, 6.07) is 1.75. The van der Waals surface area contributed by atoms with Crippen LogP contribution in [0, 0.1) is 6.92 Å². The van der Waals surface area contributed by atoms with E-state index in [-0.39, 0.29) is 17.1 Å². The minimum atomic E-state index is -1.52. The van der Waals surface area contributed by atoms with Crippen LogP contribution < -0.4 is 14.2 Å². The Labute approximate surface area is 138 Å². The Bertz CT molecular complexity index is 939. The molecule has 0 saturated heterocycles. The number of esters is 1. The highest BCUT2D eigenvalue weighted by molar-refractivity contribution is 6.19. The van der Waals surface area contributed by atoms with Crippen molar-refractivity contribution in [3.63, 3.8) is 0 Å². The van der Waals surface area contributed by atoms with Crippen LogP contribution in [0.1, 0.15) is 42.3 Å². The van der Waals surface area contributed by atoms with Gasteiger partial charge in [0.25, 0.3) is 0 Å². The van der Waals surface area contributed by atoms with Crippen molar-refractivity contribution in [2.24, 2.45) is 0 Å². The van der Waals surface area contributed by atoms with E-state index < -0.39 is 17.2 Å². The molecule has 24 heavy (non-hydrogen) atoms. The molecule has 6 heteroatoms. The maximum atomic E-state index is 12.4. The lowest BCUT2D eigenvalue weighted by Gasteiger charge is -2.31. The zero-order valence-electron chi connectivity index (χ0n) is 14.1. The third-order valence-electron chi connectivity index (χ3n) is 5.32. The predicted molar refractivity (Wildman–Crippen MR) is 86.1 cm³/mol. The standard InChI is InChI=1S/C18H18O6/c1-7-6-8(22-5)14-10-9(7)15-12(13(19)11(10)16(20)23-14)17(2,3)18(4,21)24-15/h6,19,21H,1-5H3. The first-order valence-electron chi connectivity index (χ1n) is 7.66. The number of hydrogen-bond donors (Lipinski definition) is 2. The molecular formula is C18H18O6. The Kier molecular flexibility index (Phi) is 2.60. The molecule has 2 aromatic carbocycles. The third kappa shape index (κ3) is 1.47. The van der Waals surface area contributed by atoms with Crippen molar-refractivity contribution in [2.45, 2.75) is 38.9 Å². The van der Waals surface area contributed by atoms with Crippen molar-refractivity contribution in [3.05, 3.63) is 22.8 Å². The van der Waals surface area contributed by atoms with Crippen LogP contribution >= 0.6 is 0 Å². The number of carbonyl (C=O) groups is 1. The highest BCUT2D eigenvalue weighted by Crippen LogP contribution is 2.60. The van der Waals surface area contributed by atoms with Gasteiger partial charge in [0.1, 0.15) is 17.1 Å². The number of phenols is 1. The molecule has 2 aliphatic rings. The van der Waals surface area contributed by atoms with Gasteiger partial charge in [0.2, 0.25) is 5.79 Å². The molecule has 2 aromatic rings. The van der Waals surface area contributed by atoms with Crippen molar-refractivity contribution in [3.8, 4) is 23.0 Å². The number of methoxy groups -OCH3 is 1. The van der Waals surface area contributed by atoms with Crippen LogP contribution in [0.25, 0.3) is 10.8 Å². The molecule has 6 nitrogen and oxygen atoms in total. The van der Waals surface area contributed by atoms with E-state index in [9.17, 15) is 15.0 Å². The molecule has 0 amide bonds. The molecule has 0 aliphatic carbocycles. The van der Waals surface area contributed by atoms with Crippen LogP contribution in [0.2, 0.25) is 0 Å². The van der Waals surface area contributed by atoms with Crippen LogP contribution in [0.15, 0.2) is 6.07 Å². The van der Waals surface area contributed by atoms with Gasteiger partial charge in [-0.05, 0) is 32.4 Å². The average Bonchev–Trinajstić information content (AvgIpc) is 2.90. The fraction of sp³-hybridized carbons (Fsp3) is 0.389. The van der Waals surface area contributed by atoms with E-state index in [2.05, 4.69) is 0 Å². The molecule has 0 saturated carbocycles. The van der Waals surface area contributed by atoms with Gasteiger partial charge in [-0.15, -0.1) is 0 Å². The van der Waals surface area contributed by atoms with Crippen LogP contribution in [0.5, 0.6) is 23.0 Å². The second-order valence-corrected chi connectivity index (χ2v) is 7.00. The van der Waals surface area contributed by atoms with E-state index in [0.29, 0.717) is 27.8 Å². The molecule has 0 aromatic heterocycles. The van der Waals surface area contributed by atoms with Crippen LogP contribution in [-0.4, -0.2) is 29.1 Å². The predicted octanol–water partition coefficient (Wildman–Crippen LogP) is 2.77. The van der Waals surface area contributed by atoms with Crippen molar-refractivity contribution >= 4 is 16.7 Å². The van der Waals surface area contributed by atoms with E-state index in [1.54, 1.807) is 26.8 Å². The molecule has 0 radical (unpaired) electrons. The molecule has 0 fully saturated rings. The zero-order chi connectivity index (χ0) is 17.6. The molecule has 2 N–H and O–H groups in total. The number of phenolic OH excluding ortho intramolecular Hbond substituents is 1. The monoisotopic (exact) mass is 330 g/mol. The lowest BCUT2D eigenvalue weighted by Crippen LogP contribution is -2.44. The van der Waals surface area contributed by atoms with Gasteiger partial charge in [-0.1, -0.05) is 0 Å². The van der Waals surface area contributed by atoms with Crippen LogP contribution in [0.4, 0.5) is 0 Å². The van der Waals surface area contributed by atoms with E-state index in [0.717, 1.165) is 5.56 Å². The fourth-order valence-corrected chi connectivity index (χ4v) is 3.61. The highest BCUT2D eigenvalue weighted by Gasteiger charge is 2.54. The smallest absolute Gasteiger partial charge is 0.348 e. The number of hydrogen-bond acceptors (Lipinski definition) is 6. The lowest BCUT2D eigenvalue weighted by atomic mass is 9.77. The SMILES string of the molecule is COc1cc(C)c2c3c(c(O)c4c2c1OC4=O)C(C)(C)C(C)(O)O3. The number of aliphatic hydroxyl groups is 1. The average molecular weight is 330 g/mol. The van der Waals surface area contributed by atoms with E-state index in [1.165, 1.54) is 7.11 Å². The summed E-state index contributed by atoms with van der Waals surface area (Å²) in [5, 5.41) is 22.6. The summed E-state index contributed by atoms with van der Waals surface area (Å²) in [5.74, 6) is -1.31. The van der Waals surface area contributed by atoms with Crippen molar-refractivity contribution in [1.82, 2.24) is 0 Å². The van der Waals surface area contributed by atoms with E-state index >= 15 is 0 Å². The molecule has 1 unspecified atom stereocenters. The Morgan fingerprint density at radius 1 is 1.17 bits per heavy atom. The Balaban J connectivity index is 2.26. The number of benzene rings is 2. The molecule has 4 rings (SSSR count). The Hall–Kier alpha value is -2.47. The highest BCUT2D eigenvalue weighted by atomic mass is 16.6. The lowest BCUT2D eigenvalue weighted by molar-refractivity contribution is -0.148. The maximum absolute atomic E-state index is 12.4. The normalized spacial score (nSPS) is 23.2. The summed E-state index contributed by atoms with van der Waals surface area (Å²) in [6.45, 7) is 6.92. The van der Waals surface area contributed by atoms with Crippen molar-refractivity contribution < 1.29 is 29.2 Å². The summed E-state index contributed by atoms with van der Waals surface area (Å²) in [6.07, 6.45) is 0.